The third kappa shape index (κ3) is 4.00. The Labute approximate surface area is 156 Å². The fourth-order valence-electron chi connectivity index (χ4n) is 2.66. The van der Waals surface area contributed by atoms with E-state index in [0.29, 0.717) is 23.0 Å². The summed E-state index contributed by atoms with van der Waals surface area (Å²) in [6.45, 7) is 4.40. The first kappa shape index (κ1) is 17.4. The van der Waals surface area contributed by atoms with E-state index in [4.69, 9.17) is 17.0 Å². The van der Waals surface area contributed by atoms with E-state index >= 15 is 0 Å². The van der Waals surface area contributed by atoms with Gasteiger partial charge in [0.25, 0.3) is 5.91 Å². The van der Waals surface area contributed by atoms with E-state index in [2.05, 4.69) is 16.0 Å². The number of thiocarbonyl (C=S) groups is 1. The van der Waals surface area contributed by atoms with Gasteiger partial charge in [-0.25, -0.2) is 0 Å². The van der Waals surface area contributed by atoms with Crippen LogP contribution >= 0.6 is 23.6 Å². The number of amides is 1. The van der Waals surface area contributed by atoms with Crippen molar-refractivity contribution in [2.45, 2.75) is 19.9 Å². The van der Waals surface area contributed by atoms with Gasteiger partial charge in [-0.2, -0.15) is 0 Å². The van der Waals surface area contributed by atoms with Crippen LogP contribution < -0.4 is 20.7 Å². The van der Waals surface area contributed by atoms with Gasteiger partial charge in [-0.05, 0) is 61.8 Å². The van der Waals surface area contributed by atoms with Crippen LogP contribution in [0.5, 0.6) is 5.75 Å². The lowest BCUT2D eigenvalue weighted by molar-refractivity contribution is -0.113. The second-order valence-corrected chi connectivity index (χ2v) is 6.88. The zero-order valence-electron chi connectivity index (χ0n) is 14.0. The second kappa shape index (κ2) is 7.67. The number of hydrogen-bond acceptors (Lipinski definition) is 4. The zero-order chi connectivity index (χ0) is 17.8. The standard InChI is InChI=1S/C18H19N3O2S2/c1-3-23-13-8-6-12(7-9-13)20-17(22)15-11(2)19-18(24)21-16(15)14-5-4-10-25-14/h4-10,16H,3H2,1-2H3,(H,20,22)(H2,19,21,24). The van der Waals surface area contributed by atoms with Crippen LogP contribution in [0.4, 0.5) is 5.69 Å². The van der Waals surface area contributed by atoms with E-state index in [-0.39, 0.29) is 11.9 Å². The van der Waals surface area contributed by atoms with Crippen molar-refractivity contribution in [3.05, 3.63) is 57.9 Å². The van der Waals surface area contributed by atoms with Gasteiger partial charge in [0.15, 0.2) is 5.11 Å². The Morgan fingerprint density at radius 2 is 2.08 bits per heavy atom. The summed E-state index contributed by atoms with van der Waals surface area (Å²) < 4.78 is 5.42. The molecule has 2 heterocycles. The molecule has 3 N–H and O–H groups in total. The van der Waals surface area contributed by atoms with Crippen LogP contribution in [0.25, 0.3) is 0 Å². The molecule has 5 nitrogen and oxygen atoms in total. The average Bonchev–Trinajstić information content (AvgIpc) is 3.10. The van der Waals surface area contributed by atoms with Crippen LogP contribution in [-0.4, -0.2) is 17.6 Å². The largest absolute Gasteiger partial charge is 0.494 e. The van der Waals surface area contributed by atoms with Crippen molar-refractivity contribution in [3.63, 3.8) is 0 Å². The summed E-state index contributed by atoms with van der Waals surface area (Å²) in [4.78, 5) is 13.9. The molecular formula is C18H19N3O2S2. The Morgan fingerprint density at radius 3 is 2.72 bits per heavy atom. The molecule has 1 amide bonds. The summed E-state index contributed by atoms with van der Waals surface area (Å²) >= 11 is 6.83. The van der Waals surface area contributed by atoms with Gasteiger partial charge in [0.2, 0.25) is 0 Å². The maximum Gasteiger partial charge on any atom is 0.255 e. The van der Waals surface area contributed by atoms with Crippen molar-refractivity contribution in [2.24, 2.45) is 0 Å². The number of rotatable bonds is 5. The highest BCUT2D eigenvalue weighted by atomic mass is 32.1. The quantitative estimate of drug-likeness (QED) is 0.700. The number of benzene rings is 1. The van der Waals surface area contributed by atoms with E-state index in [0.717, 1.165) is 16.3 Å². The molecule has 0 radical (unpaired) electrons. The first-order valence-corrected chi connectivity index (χ1v) is 9.23. The third-order valence-electron chi connectivity index (χ3n) is 3.76. The summed E-state index contributed by atoms with van der Waals surface area (Å²) in [6, 6.07) is 11.0. The molecule has 7 heteroatoms. The number of carbonyl (C=O) groups is 1. The van der Waals surface area contributed by atoms with Gasteiger partial charge in [-0.3, -0.25) is 4.79 Å². The Morgan fingerprint density at radius 1 is 1.32 bits per heavy atom. The fraction of sp³-hybridized carbons (Fsp3) is 0.222. The summed E-state index contributed by atoms with van der Waals surface area (Å²) in [5.74, 6) is 0.612. The van der Waals surface area contributed by atoms with Crippen LogP contribution in [0.15, 0.2) is 53.0 Å². The molecule has 1 aromatic carbocycles. The number of allylic oxidation sites excluding steroid dienone is 1. The summed E-state index contributed by atoms with van der Waals surface area (Å²) in [5.41, 5.74) is 2.10. The molecule has 0 saturated carbocycles. The lowest BCUT2D eigenvalue weighted by Crippen LogP contribution is -2.45. The highest BCUT2D eigenvalue weighted by molar-refractivity contribution is 7.80. The maximum atomic E-state index is 12.9. The minimum Gasteiger partial charge on any atom is -0.494 e. The number of hydrogen-bond donors (Lipinski definition) is 3. The van der Waals surface area contributed by atoms with E-state index < -0.39 is 0 Å². The monoisotopic (exact) mass is 373 g/mol. The number of carbonyl (C=O) groups excluding carboxylic acids is 1. The van der Waals surface area contributed by atoms with E-state index in [1.54, 1.807) is 11.3 Å². The maximum absolute atomic E-state index is 12.9. The molecule has 0 aliphatic carbocycles. The normalized spacial score (nSPS) is 16.9. The lowest BCUT2D eigenvalue weighted by Gasteiger charge is -2.29. The molecule has 25 heavy (non-hydrogen) atoms. The lowest BCUT2D eigenvalue weighted by atomic mass is 10.0. The number of anilines is 1. The number of thiophene rings is 1. The molecule has 1 aliphatic rings. The van der Waals surface area contributed by atoms with Gasteiger partial charge in [0.1, 0.15) is 5.75 Å². The van der Waals surface area contributed by atoms with Gasteiger partial charge in [0, 0.05) is 16.3 Å². The predicted molar refractivity (Wildman–Crippen MR) is 105 cm³/mol. The molecule has 0 saturated heterocycles. The van der Waals surface area contributed by atoms with Crippen LogP contribution in [0.3, 0.4) is 0 Å². The second-order valence-electron chi connectivity index (χ2n) is 5.50. The van der Waals surface area contributed by atoms with Gasteiger partial charge in [0.05, 0.1) is 18.2 Å². The molecule has 1 aromatic heterocycles. The molecule has 1 unspecified atom stereocenters. The molecule has 0 bridgehead atoms. The minimum atomic E-state index is -0.253. The average molecular weight is 374 g/mol. The van der Waals surface area contributed by atoms with Crippen LogP contribution in [-0.2, 0) is 4.79 Å². The number of nitrogens with one attached hydrogen (secondary N) is 3. The highest BCUT2D eigenvalue weighted by Crippen LogP contribution is 2.30. The van der Waals surface area contributed by atoms with E-state index in [1.807, 2.05) is 55.6 Å². The Bertz CT molecular complexity index is 798. The van der Waals surface area contributed by atoms with Crippen molar-refractivity contribution in [2.75, 3.05) is 11.9 Å². The SMILES string of the molecule is CCOc1ccc(NC(=O)C2=C(C)NC(=S)NC2c2cccs2)cc1. The molecule has 0 spiro atoms. The smallest absolute Gasteiger partial charge is 0.255 e. The Hall–Kier alpha value is -2.38. The fourth-order valence-corrected chi connectivity index (χ4v) is 3.72. The molecule has 1 aliphatic heterocycles. The molecule has 3 rings (SSSR count). The first-order chi connectivity index (χ1) is 12.1. The summed E-state index contributed by atoms with van der Waals surface area (Å²) in [6.07, 6.45) is 0. The van der Waals surface area contributed by atoms with Crippen LogP contribution in [0, 0.1) is 0 Å². The number of ether oxygens (including phenoxy) is 1. The van der Waals surface area contributed by atoms with Gasteiger partial charge in [-0.1, -0.05) is 6.07 Å². The molecule has 130 valence electrons. The highest BCUT2D eigenvalue weighted by Gasteiger charge is 2.30. The predicted octanol–water partition coefficient (Wildman–Crippen LogP) is 3.58. The van der Waals surface area contributed by atoms with Crippen molar-refractivity contribution in [3.8, 4) is 5.75 Å². The molecular weight excluding hydrogens is 354 g/mol. The summed E-state index contributed by atoms with van der Waals surface area (Å²) in [7, 11) is 0. The van der Waals surface area contributed by atoms with Gasteiger partial charge < -0.3 is 20.7 Å². The third-order valence-corrected chi connectivity index (χ3v) is 4.92. The minimum absolute atomic E-state index is 0.164. The van der Waals surface area contributed by atoms with Crippen molar-refractivity contribution >= 4 is 40.3 Å². The molecule has 0 fully saturated rings. The van der Waals surface area contributed by atoms with Crippen LogP contribution in [0.1, 0.15) is 24.8 Å². The summed E-state index contributed by atoms with van der Waals surface area (Å²) in [5, 5.41) is 11.7. The van der Waals surface area contributed by atoms with Gasteiger partial charge >= 0.3 is 0 Å². The topological polar surface area (TPSA) is 62.4 Å². The van der Waals surface area contributed by atoms with Crippen molar-refractivity contribution in [1.82, 2.24) is 10.6 Å². The zero-order valence-corrected chi connectivity index (χ0v) is 15.6. The Kier molecular flexibility index (Phi) is 5.35. The van der Waals surface area contributed by atoms with E-state index in [1.165, 1.54) is 0 Å². The van der Waals surface area contributed by atoms with E-state index in [9.17, 15) is 4.79 Å². The van der Waals surface area contributed by atoms with Crippen molar-refractivity contribution < 1.29 is 9.53 Å². The van der Waals surface area contributed by atoms with Crippen molar-refractivity contribution in [1.29, 1.82) is 0 Å². The van der Waals surface area contributed by atoms with Crippen LogP contribution in [0.2, 0.25) is 0 Å². The van der Waals surface area contributed by atoms with Gasteiger partial charge in [-0.15, -0.1) is 11.3 Å². The Balaban J connectivity index is 1.83. The molecule has 2 aromatic rings. The first-order valence-electron chi connectivity index (χ1n) is 7.94. The molecule has 1 atom stereocenters.